The summed E-state index contributed by atoms with van der Waals surface area (Å²) in [5.74, 6) is -0.501. The van der Waals surface area contributed by atoms with Crippen molar-refractivity contribution in [2.75, 3.05) is 24.9 Å². The van der Waals surface area contributed by atoms with E-state index < -0.39 is 11.8 Å². The highest BCUT2D eigenvalue weighted by molar-refractivity contribution is 6.43. The predicted molar refractivity (Wildman–Crippen MR) is 83.2 cm³/mol. The molecule has 0 saturated carbocycles. The van der Waals surface area contributed by atoms with Gasteiger partial charge in [0, 0.05) is 11.8 Å². The first-order valence-corrected chi connectivity index (χ1v) is 6.53. The maximum Gasteiger partial charge on any atom is 0.314 e. The van der Waals surface area contributed by atoms with Gasteiger partial charge >= 0.3 is 11.8 Å². The number of carbonyl (C=O) groups is 2. The Morgan fingerprint density at radius 2 is 1.59 bits per heavy atom. The molecule has 2 amide bonds. The molecule has 0 aromatic heterocycles. The van der Waals surface area contributed by atoms with Crippen LogP contribution in [-0.4, -0.2) is 26.0 Å². The third-order valence-electron chi connectivity index (χ3n) is 2.89. The van der Waals surface area contributed by atoms with Crippen molar-refractivity contribution < 1.29 is 19.1 Å². The molecule has 0 saturated heterocycles. The lowest BCUT2D eigenvalue weighted by Crippen LogP contribution is -2.29. The lowest BCUT2D eigenvalue weighted by Gasteiger charge is -2.10. The standard InChI is InChI=1S/C16H16N2O4/c1-21-12-7-5-6-11(10-12)17-15(19)16(20)18-13-8-3-4-9-14(13)22-2/h3-10H,1-2H3,(H,17,19)(H,18,20). The monoisotopic (exact) mass is 300 g/mol. The normalized spacial score (nSPS) is 9.73. The number of rotatable bonds is 4. The van der Waals surface area contributed by atoms with Crippen LogP contribution in [0.4, 0.5) is 11.4 Å². The van der Waals surface area contributed by atoms with Crippen molar-refractivity contribution in [1.29, 1.82) is 0 Å². The third kappa shape index (κ3) is 3.76. The van der Waals surface area contributed by atoms with Crippen molar-refractivity contribution in [2.45, 2.75) is 0 Å². The molecule has 114 valence electrons. The average molecular weight is 300 g/mol. The van der Waals surface area contributed by atoms with Crippen LogP contribution in [0.1, 0.15) is 0 Å². The van der Waals surface area contributed by atoms with Gasteiger partial charge in [-0.15, -0.1) is 0 Å². The second-order valence-electron chi connectivity index (χ2n) is 4.34. The topological polar surface area (TPSA) is 76.7 Å². The van der Waals surface area contributed by atoms with E-state index >= 15 is 0 Å². The van der Waals surface area contributed by atoms with Crippen molar-refractivity contribution in [3.63, 3.8) is 0 Å². The molecule has 6 heteroatoms. The Morgan fingerprint density at radius 3 is 2.32 bits per heavy atom. The largest absolute Gasteiger partial charge is 0.497 e. The van der Waals surface area contributed by atoms with Crippen molar-refractivity contribution >= 4 is 23.2 Å². The van der Waals surface area contributed by atoms with Gasteiger partial charge in [-0.2, -0.15) is 0 Å². The lowest BCUT2D eigenvalue weighted by atomic mass is 10.2. The molecule has 0 aliphatic rings. The van der Waals surface area contributed by atoms with Crippen LogP contribution in [0.25, 0.3) is 0 Å². The van der Waals surface area contributed by atoms with Crippen LogP contribution in [0.15, 0.2) is 48.5 Å². The summed E-state index contributed by atoms with van der Waals surface area (Å²) in [6.45, 7) is 0. The Bertz CT molecular complexity index is 685. The minimum atomic E-state index is -0.785. The van der Waals surface area contributed by atoms with Gasteiger partial charge in [0.15, 0.2) is 0 Å². The highest BCUT2D eigenvalue weighted by Crippen LogP contribution is 2.23. The Kier molecular flexibility index (Phi) is 4.98. The van der Waals surface area contributed by atoms with Crippen molar-refractivity contribution in [2.24, 2.45) is 0 Å². The molecule has 2 N–H and O–H groups in total. The van der Waals surface area contributed by atoms with Crippen LogP contribution in [0.3, 0.4) is 0 Å². The number of hydrogen-bond donors (Lipinski definition) is 2. The molecule has 22 heavy (non-hydrogen) atoms. The number of carbonyl (C=O) groups excluding carboxylic acids is 2. The van der Waals surface area contributed by atoms with E-state index in [1.54, 1.807) is 48.5 Å². The van der Waals surface area contributed by atoms with Crippen LogP contribution in [-0.2, 0) is 9.59 Å². The van der Waals surface area contributed by atoms with E-state index in [4.69, 9.17) is 9.47 Å². The van der Waals surface area contributed by atoms with Crippen LogP contribution >= 0.6 is 0 Å². The molecule has 0 aliphatic heterocycles. The lowest BCUT2D eigenvalue weighted by molar-refractivity contribution is -0.133. The van der Waals surface area contributed by atoms with Crippen molar-refractivity contribution in [3.8, 4) is 11.5 Å². The Labute approximate surface area is 128 Å². The molecule has 0 fully saturated rings. The van der Waals surface area contributed by atoms with Gasteiger partial charge < -0.3 is 20.1 Å². The summed E-state index contributed by atoms with van der Waals surface area (Å²) in [6, 6.07) is 13.6. The number of anilines is 2. The zero-order valence-electron chi connectivity index (χ0n) is 12.3. The molecule has 2 rings (SSSR count). The second kappa shape index (κ2) is 7.12. The number of benzene rings is 2. The zero-order chi connectivity index (χ0) is 15.9. The smallest absolute Gasteiger partial charge is 0.314 e. The third-order valence-corrected chi connectivity index (χ3v) is 2.89. The zero-order valence-corrected chi connectivity index (χ0v) is 12.3. The fraction of sp³-hybridized carbons (Fsp3) is 0.125. The summed E-state index contributed by atoms with van der Waals surface area (Å²) in [7, 11) is 3.01. The fourth-order valence-corrected chi connectivity index (χ4v) is 1.82. The summed E-state index contributed by atoms with van der Waals surface area (Å²) in [5.41, 5.74) is 0.898. The van der Waals surface area contributed by atoms with Gasteiger partial charge in [0.2, 0.25) is 0 Å². The molecule has 6 nitrogen and oxygen atoms in total. The van der Waals surface area contributed by atoms with Gasteiger partial charge in [-0.1, -0.05) is 18.2 Å². The molecular weight excluding hydrogens is 284 g/mol. The van der Waals surface area contributed by atoms with E-state index in [0.717, 1.165) is 0 Å². The summed E-state index contributed by atoms with van der Waals surface area (Å²) < 4.78 is 10.2. The molecule has 0 aliphatic carbocycles. The van der Waals surface area contributed by atoms with Crippen molar-refractivity contribution in [1.82, 2.24) is 0 Å². The maximum atomic E-state index is 11.9. The van der Waals surface area contributed by atoms with E-state index in [1.807, 2.05) is 0 Å². The quantitative estimate of drug-likeness (QED) is 0.849. The van der Waals surface area contributed by atoms with Gasteiger partial charge in [-0.05, 0) is 24.3 Å². The van der Waals surface area contributed by atoms with E-state index in [1.165, 1.54) is 14.2 Å². The summed E-state index contributed by atoms with van der Waals surface area (Å²) >= 11 is 0. The van der Waals surface area contributed by atoms with E-state index in [2.05, 4.69) is 10.6 Å². The molecule has 0 atom stereocenters. The van der Waals surface area contributed by atoms with Gasteiger partial charge in [0.05, 0.1) is 19.9 Å². The summed E-state index contributed by atoms with van der Waals surface area (Å²) in [4.78, 5) is 23.8. The number of methoxy groups -OCH3 is 2. The predicted octanol–water partition coefficient (Wildman–Crippen LogP) is 2.28. The Morgan fingerprint density at radius 1 is 0.864 bits per heavy atom. The minimum absolute atomic E-state index is 0.427. The Balaban J connectivity index is 2.04. The SMILES string of the molecule is COc1cccc(NC(=O)C(=O)Nc2ccccc2OC)c1. The van der Waals surface area contributed by atoms with Crippen molar-refractivity contribution in [3.05, 3.63) is 48.5 Å². The van der Waals surface area contributed by atoms with Crippen LogP contribution in [0.5, 0.6) is 11.5 Å². The molecule has 0 unspecified atom stereocenters. The number of amides is 2. The van der Waals surface area contributed by atoms with Gasteiger partial charge in [0.25, 0.3) is 0 Å². The highest BCUT2D eigenvalue weighted by Gasteiger charge is 2.16. The van der Waals surface area contributed by atoms with E-state index in [-0.39, 0.29) is 0 Å². The van der Waals surface area contributed by atoms with Gasteiger partial charge in [-0.3, -0.25) is 9.59 Å². The fourth-order valence-electron chi connectivity index (χ4n) is 1.82. The number of para-hydroxylation sites is 2. The number of nitrogens with one attached hydrogen (secondary N) is 2. The van der Waals surface area contributed by atoms with Gasteiger partial charge in [0.1, 0.15) is 11.5 Å². The molecule has 2 aromatic carbocycles. The average Bonchev–Trinajstić information content (AvgIpc) is 2.55. The number of hydrogen-bond acceptors (Lipinski definition) is 4. The molecule has 2 aromatic rings. The van der Waals surface area contributed by atoms with E-state index in [9.17, 15) is 9.59 Å². The molecule has 0 bridgehead atoms. The first kappa shape index (κ1) is 15.4. The van der Waals surface area contributed by atoms with Crippen LogP contribution < -0.4 is 20.1 Å². The van der Waals surface area contributed by atoms with E-state index in [0.29, 0.717) is 22.9 Å². The van der Waals surface area contributed by atoms with Gasteiger partial charge in [-0.25, -0.2) is 0 Å². The molecule has 0 spiro atoms. The minimum Gasteiger partial charge on any atom is -0.497 e. The molecule has 0 heterocycles. The second-order valence-corrected chi connectivity index (χ2v) is 4.34. The summed E-state index contributed by atoms with van der Waals surface area (Å²) in [6.07, 6.45) is 0. The molecule has 0 radical (unpaired) electrons. The highest BCUT2D eigenvalue weighted by atomic mass is 16.5. The maximum absolute atomic E-state index is 11.9. The van der Waals surface area contributed by atoms with Crippen LogP contribution in [0, 0.1) is 0 Å². The Hall–Kier alpha value is -3.02. The summed E-state index contributed by atoms with van der Waals surface area (Å²) in [5, 5.41) is 5.01. The first-order valence-electron chi connectivity index (χ1n) is 6.53. The number of ether oxygens (including phenoxy) is 2. The first-order chi connectivity index (χ1) is 10.6. The molecular formula is C16H16N2O4. The van der Waals surface area contributed by atoms with Crippen LogP contribution in [0.2, 0.25) is 0 Å².